The van der Waals surface area contributed by atoms with Crippen LogP contribution in [0, 0.1) is 0 Å². The van der Waals surface area contributed by atoms with E-state index in [1.807, 2.05) is 36.4 Å². The van der Waals surface area contributed by atoms with E-state index in [9.17, 15) is 4.79 Å². The van der Waals surface area contributed by atoms with Gasteiger partial charge < -0.3 is 14.6 Å². The third-order valence-corrected chi connectivity index (χ3v) is 5.08. The molecule has 0 spiro atoms. The maximum atomic E-state index is 12.5. The summed E-state index contributed by atoms with van der Waals surface area (Å²) in [6.07, 6.45) is 6.46. The summed E-state index contributed by atoms with van der Waals surface area (Å²) >= 11 is 0. The van der Waals surface area contributed by atoms with E-state index in [1.54, 1.807) is 18.1 Å². The van der Waals surface area contributed by atoms with Crippen molar-refractivity contribution in [1.29, 1.82) is 0 Å². The predicted molar refractivity (Wildman–Crippen MR) is 116 cm³/mol. The highest BCUT2D eigenvalue weighted by atomic mass is 16.5. The third-order valence-electron chi connectivity index (χ3n) is 5.08. The number of ether oxygens (including phenoxy) is 1. The first-order valence-electron chi connectivity index (χ1n) is 10.00. The minimum absolute atomic E-state index is 0.00717. The lowest BCUT2D eigenvalue weighted by Gasteiger charge is -2.07. The Hall–Kier alpha value is -3.45. The highest BCUT2D eigenvalue weighted by Gasteiger charge is 2.10. The number of methoxy groups -OCH3 is 1. The summed E-state index contributed by atoms with van der Waals surface area (Å²) < 4.78 is 9.17. The number of fused-ring (bicyclic) bond motifs is 1. The van der Waals surface area contributed by atoms with E-state index in [2.05, 4.69) is 38.3 Å². The number of carbonyl (C=O) groups is 1. The summed E-state index contributed by atoms with van der Waals surface area (Å²) in [5.41, 5.74) is 4.25. The molecule has 0 saturated carbocycles. The molecule has 7 heteroatoms. The quantitative estimate of drug-likeness (QED) is 0.464. The molecule has 4 aromatic rings. The van der Waals surface area contributed by atoms with Crippen LogP contribution in [0.2, 0.25) is 0 Å². The molecular formula is C23H25N5O2. The Morgan fingerprint density at radius 3 is 2.73 bits per heavy atom. The highest BCUT2D eigenvalue weighted by Crippen LogP contribution is 2.23. The van der Waals surface area contributed by atoms with Crippen molar-refractivity contribution >= 4 is 22.5 Å². The van der Waals surface area contributed by atoms with E-state index in [1.165, 1.54) is 22.8 Å². The topological polar surface area (TPSA) is 74.0 Å². The van der Waals surface area contributed by atoms with Gasteiger partial charge >= 0.3 is 0 Å². The number of carbonyl (C=O) groups excluding carboxylic acids is 1. The summed E-state index contributed by atoms with van der Waals surface area (Å²) in [6, 6.07) is 16.1. The van der Waals surface area contributed by atoms with E-state index in [0.717, 1.165) is 17.8 Å². The average Bonchev–Trinajstić information content (AvgIpc) is 3.40. The van der Waals surface area contributed by atoms with Crippen LogP contribution in [-0.2, 0) is 29.0 Å². The van der Waals surface area contributed by atoms with E-state index < -0.39 is 0 Å². The molecule has 154 valence electrons. The molecule has 0 aliphatic rings. The molecule has 0 aliphatic carbocycles. The number of para-hydroxylation sites is 1. The van der Waals surface area contributed by atoms with Crippen molar-refractivity contribution in [2.24, 2.45) is 0 Å². The smallest absolute Gasteiger partial charge is 0.224 e. The summed E-state index contributed by atoms with van der Waals surface area (Å²) in [5.74, 6) is 0.00717. The van der Waals surface area contributed by atoms with E-state index in [0.29, 0.717) is 26.0 Å². The molecule has 0 saturated heterocycles. The van der Waals surface area contributed by atoms with Gasteiger partial charge in [0.25, 0.3) is 0 Å². The van der Waals surface area contributed by atoms with Gasteiger partial charge in [0.2, 0.25) is 5.91 Å². The summed E-state index contributed by atoms with van der Waals surface area (Å²) in [6.45, 7) is 2.11. The predicted octanol–water partition coefficient (Wildman–Crippen LogP) is 3.50. The standard InChI is InChI=1S/C23H25N5O2/c1-30-13-12-27-15-19(21-4-2-3-5-22(21)27)8-11-23(29)26-20-9-6-18(7-10-20)14-28-17-24-16-25-28/h2-7,9-10,15-17H,8,11-14H2,1H3,(H,26,29). The van der Waals surface area contributed by atoms with Crippen LogP contribution >= 0.6 is 0 Å². The zero-order valence-corrected chi connectivity index (χ0v) is 17.0. The Labute approximate surface area is 175 Å². The Morgan fingerprint density at radius 1 is 1.13 bits per heavy atom. The largest absolute Gasteiger partial charge is 0.383 e. The van der Waals surface area contributed by atoms with Gasteiger partial charge in [0.15, 0.2) is 0 Å². The normalized spacial score (nSPS) is 11.1. The van der Waals surface area contributed by atoms with Crippen LogP contribution in [0.15, 0.2) is 67.4 Å². The molecule has 1 N–H and O–H groups in total. The van der Waals surface area contributed by atoms with Crippen LogP contribution in [0.5, 0.6) is 0 Å². The summed E-state index contributed by atoms with van der Waals surface area (Å²) in [4.78, 5) is 16.4. The number of hydrogen-bond acceptors (Lipinski definition) is 4. The molecule has 30 heavy (non-hydrogen) atoms. The molecule has 7 nitrogen and oxygen atoms in total. The van der Waals surface area contributed by atoms with Gasteiger partial charge in [-0.15, -0.1) is 0 Å². The molecular weight excluding hydrogens is 378 g/mol. The van der Waals surface area contributed by atoms with Gasteiger partial charge in [-0.3, -0.25) is 4.79 Å². The molecule has 0 aliphatic heterocycles. The Bertz CT molecular complexity index is 1100. The fourth-order valence-corrected chi connectivity index (χ4v) is 3.56. The van der Waals surface area contributed by atoms with Crippen molar-refractivity contribution in [3.8, 4) is 0 Å². The first-order valence-corrected chi connectivity index (χ1v) is 10.00. The van der Waals surface area contributed by atoms with E-state index in [4.69, 9.17) is 4.74 Å². The molecule has 2 aromatic carbocycles. The fourth-order valence-electron chi connectivity index (χ4n) is 3.56. The van der Waals surface area contributed by atoms with E-state index in [-0.39, 0.29) is 5.91 Å². The maximum absolute atomic E-state index is 12.5. The molecule has 1 amide bonds. The Kier molecular flexibility index (Phi) is 6.20. The van der Waals surface area contributed by atoms with Crippen molar-refractivity contribution in [2.45, 2.75) is 25.9 Å². The molecule has 0 atom stereocenters. The summed E-state index contributed by atoms with van der Waals surface area (Å²) in [5, 5.41) is 8.28. The van der Waals surface area contributed by atoms with Gasteiger partial charge in [0.1, 0.15) is 12.7 Å². The molecule has 4 rings (SSSR count). The monoisotopic (exact) mass is 403 g/mol. The Morgan fingerprint density at radius 2 is 1.97 bits per heavy atom. The average molecular weight is 403 g/mol. The fraction of sp³-hybridized carbons (Fsp3) is 0.261. The number of rotatable bonds is 9. The number of amides is 1. The zero-order chi connectivity index (χ0) is 20.8. The zero-order valence-electron chi connectivity index (χ0n) is 17.0. The molecule has 2 aromatic heterocycles. The minimum atomic E-state index is 0.00717. The number of nitrogens with zero attached hydrogens (tertiary/aromatic N) is 4. The van der Waals surface area contributed by atoms with Crippen molar-refractivity contribution in [3.05, 3.63) is 78.5 Å². The van der Waals surface area contributed by atoms with Crippen molar-refractivity contribution in [3.63, 3.8) is 0 Å². The number of aromatic nitrogens is 4. The number of aryl methyl sites for hydroxylation is 1. The second-order valence-corrected chi connectivity index (χ2v) is 7.20. The minimum Gasteiger partial charge on any atom is -0.383 e. The van der Waals surface area contributed by atoms with E-state index >= 15 is 0 Å². The number of nitrogens with one attached hydrogen (secondary N) is 1. The Balaban J connectivity index is 1.36. The van der Waals surface area contributed by atoms with Gasteiger partial charge in [0.05, 0.1) is 13.2 Å². The van der Waals surface area contributed by atoms with Crippen molar-refractivity contribution < 1.29 is 9.53 Å². The van der Waals surface area contributed by atoms with Crippen LogP contribution in [0.25, 0.3) is 10.9 Å². The van der Waals surface area contributed by atoms with Gasteiger partial charge in [-0.1, -0.05) is 30.3 Å². The first-order chi connectivity index (χ1) is 14.7. The van der Waals surface area contributed by atoms with Crippen LogP contribution in [0.3, 0.4) is 0 Å². The van der Waals surface area contributed by atoms with Gasteiger partial charge in [-0.05, 0) is 35.7 Å². The first kappa shape index (κ1) is 19.8. The second kappa shape index (κ2) is 9.37. The van der Waals surface area contributed by atoms with Gasteiger partial charge in [-0.25, -0.2) is 9.67 Å². The molecule has 0 unspecified atom stereocenters. The van der Waals surface area contributed by atoms with Crippen LogP contribution in [0.4, 0.5) is 5.69 Å². The van der Waals surface area contributed by atoms with Gasteiger partial charge in [0, 0.05) is 42.9 Å². The highest BCUT2D eigenvalue weighted by molar-refractivity contribution is 5.91. The van der Waals surface area contributed by atoms with Crippen LogP contribution in [0.1, 0.15) is 17.5 Å². The molecule has 0 radical (unpaired) electrons. The van der Waals surface area contributed by atoms with Crippen LogP contribution in [-0.4, -0.2) is 39.0 Å². The van der Waals surface area contributed by atoms with Crippen molar-refractivity contribution in [1.82, 2.24) is 19.3 Å². The van der Waals surface area contributed by atoms with Gasteiger partial charge in [-0.2, -0.15) is 5.10 Å². The lowest BCUT2D eigenvalue weighted by Crippen LogP contribution is -2.12. The number of benzene rings is 2. The lowest BCUT2D eigenvalue weighted by molar-refractivity contribution is -0.116. The maximum Gasteiger partial charge on any atom is 0.224 e. The third kappa shape index (κ3) is 4.75. The SMILES string of the molecule is COCCn1cc(CCC(=O)Nc2ccc(Cn3cncn3)cc2)c2ccccc21. The van der Waals surface area contributed by atoms with Crippen molar-refractivity contribution in [2.75, 3.05) is 19.0 Å². The number of hydrogen-bond donors (Lipinski definition) is 1. The van der Waals surface area contributed by atoms with Crippen LogP contribution < -0.4 is 5.32 Å². The molecule has 0 fully saturated rings. The molecule has 0 bridgehead atoms. The summed E-state index contributed by atoms with van der Waals surface area (Å²) in [7, 11) is 1.71. The number of anilines is 1. The second-order valence-electron chi connectivity index (χ2n) is 7.20. The lowest BCUT2D eigenvalue weighted by atomic mass is 10.1. The molecule has 2 heterocycles.